The molecule has 190 valence electrons. The van der Waals surface area contributed by atoms with Crippen molar-refractivity contribution in [2.75, 3.05) is 12.4 Å². The first kappa shape index (κ1) is 26.3. The minimum Gasteiger partial charge on any atom is -0.497 e. The van der Waals surface area contributed by atoms with E-state index in [0.29, 0.717) is 28.1 Å². The Labute approximate surface area is 227 Å². The van der Waals surface area contributed by atoms with Gasteiger partial charge in [-0.1, -0.05) is 40.2 Å². The van der Waals surface area contributed by atoms with Crippen LogP contribution in [-0.2, 0) is 0 Å². The molecular weight excluding hydrogens is 550 g/mol. The quantitative estimate of drug-likeness (QED) is 0.122. The van der Waals surface area contributed by atoms with Gasteiger partial charge in [0.2, 0.25) is 0 Å². The predicted molar refractivity (Wildman–Crippen MR) is 148 cm³/mol. The second-order valence-electron chi connectivity index (χ2n) is 7.86. The van der Waals surface area contributed by atoms with Crippen LogP contribution >= 0.6 is 15.9 Å². The van der Waals surface area contributed by atoms with Crippen molar-refractivity contribution in [3.8, 4) is 11.5 Å². The lowest BCUT2D eigenvalue weighted by Gasteiger charge is -2.10. The van der Waals surface area contributed by atoms with Crippen molar-refractivity contribution in [3.05, 3.63) is 124 Å². The van der Waals surface area contributed by atoms with Gasteiger partial charge in [0.25, 0.3) is 11.8 Å². The molecule has 4 aromatic rings. The first-order valence-electron chi connectivity index (χ1n) is 11.4. The van der Waals surface area contributed by atoms with Gasteiger partial charge in [-0.2, -0.15) is 5.10 Å². The Morgan fingerprint density at radius 3 is 2.18 bits per heavy atom. The van der Waals surface area contributed by atoms with Gasteiger partial charge < -0.3 is 14.8 Å². The molecule has 0 atom stereocenters. The summed E-state index contributed by atoms with van der Waals surface area (Å²) < 4.78 is 11.5. The molecule has 0 radical (unpaired) electrons. The molecule has 8 nitrogen and oxygen atoms in total. The van der Waals surface area contributed by atoms with Gasteiger partial charge in [-0.3, -0.25) is 9.59 Å². The summed E-state index contributed by atoms with van der Waals surface area (Å²) in [4.78, 5) is 38.0. The number of para-hydroxylation sites is 2. The Morgan fingerprint density at radius 1 is 0.789 bits per heavy atom. The lowest BCUT2D eigenvalue weighted by atomic mass is 10.1. The molecule has 38 heavy (non-hydrogen) atoms. The number of benzene rings is 4. The Balaban J connectivity index is 1.43. The van der Waals surface area contributed by atoms with Gasteiger partial charge in [-0.05, 0) is 72.8 Å². The van der Waals surface area contributed by atoms with E-state index >= 15 is 0 Å². The number of ether oxygens (including phenoxy) is 2. The van der Waals surface area contributed by atoms with Crippen LogP contribution in [0.4, 0.5) is 5.69 Å². The fourth-order valence-electron chi connectivity index (χ4n) is 3.37. The molecule has 0 heterocycles. The largest absolute Gasteiger partial charge is 0.497 e. The van der Waals surface area contributed by atoms with Crippen LogP contribution in [0, 0.1) is 0 Å². The Kier molecular flexibility index (Phi) is 8.63. The number of rotatable bonds is 8. The fourth-order valence-corrected chi connectivity index (χ4v) is 3.64. The summed E-state index contributed by atoms with van der Waals surface area (Å²) in [5, 5.41) is 6.78. The van der Waals surface area contributed by atoms with Gasteiger partial charge in [0, 0.05) is 15.6 Å². The molecule has 0 aromatic heterocycles. The lowest BCUT2D eigenvalue weighted by molar-refractivity contribution is 0.0733. The second kappa shape index (κ2) is 12.5. The number of nitrogens with zero attached hydrogens (tertiary/aromatic N) is 1. The molecule has 0 saturated carbocycles. The molecule has 4 aromatic carbocycles. The third-order valence-corrected chi connectivity index (χ3v) is 5.87. The topological polar surface area (TPSA) is 106 Å². The minimum absolute atomic E-state index is 0.231. The van der Waals surface area contributed by atoms with E-state index in [-0.39, 0.29) is 17.2 Å². The number of hydrogen-bond donors (Lipinski definition) is 2. The maximum atomic E-state index is 12.8. The van der Waals surface area contributed by atoms with Crippen molar-refractivity contribution in [1.82, 2.24) is 5.43 Å². The number of hydrazone groups is 1. The number of methoxy groups -OCH3 is 1. The molecular formula is C29H22BrN3O5. The van der Waals surface area contributed by atoms with Gasteiger partial charge in [-0.25, -0.2) is 10.2 Å². The zero-order valence-corrected chi connectivity index (χ0v) is 21.8. The molecule has 0 bridgehead atoms. The minimum atomic E-state index is -0.548. The van der Waals surface area contributed by atoms with Crippen molar-refractivity contribution in [2.24, 2.45) is 5.10 Å². The van der Waals surface area contributed by atoms with Crippen LogP contribution in [0.3, 0.4) is 0 Å². The standard InChI is InChI=1S/C29H22BrN3O5/c1-37-23-16-12-20(13-17-23)29(36)38-26-9-5-2-6-21(26)18-31-33-28(35)24-7-3-4-8-25(24)32-27(34)19-10-14-22(30)15-11-19/h2-18H,1H3,(H,32,34)(H,33,35)/b31-18-. The van der Waals surface area contributed by atoms with E-state index in [0.717, 1.165) is 4.47 Å². The summed E-state index contributed by atoms with van der Waals surface area (Å²) in [6.07, 6.45) is 1.37. The van der Waals surface area contributed by atoms with E-state index in [1.165, 1.54) is 6.21 Å². The lowest BCUT2D eigenvalue weighted by Crippen LogP contribution is -2.21. The first-order valence-corrected chi connectivity index (χ1v) is 12.2. The third-order valence-electron chi connectivity index (χ3n) is 5.34. The average molecular weight is 572 g/mol. The molecule has 0 aliphatic heterocycles. The second-order valence-corrected chi connectivity index (χ2v) is 8.78. The molecule has 9 heteroatoms. The maximum Gasteiger partial charge on any atom is 0.343 e. The van der Waals surface area contributed by atoms with E-state index in [4.69, 9.17) is 9.47 Å². The first-order chi connectivity index (χ1) is 18.4. The molecule has 2 N–H and O–H groups in total. The Bertz CT molecular complexity index is 1490. The molecule has 0 aliphatic rings. The summed E-state index contributed by atoms with van der Waals surface area (Å²) >= 11 is 3.34. The summed E-state index contributed by atoms with van der Waals surface area (Å²) in [5.74, 6) is -0.532. The van der Waals surface area contributed by atoms with Gasteiger partial charge in [-0.15, -0.1) is 0 Å². The molecule has 0 saturated heterocycles. The predicted octanol–water partition coefficient (Wildman–Crippen LogP) is 5.69. The van der Waals surface area contributed by atoms with Crippen LogP contribution in [0.1, 0.15) is 36.6 Å². The monoisotopic (exact) mass is 571 g/mol. The number of anilines is 1. The zero-order valence-electron chi connectivity index (χ0n) is 20.2. The van der Waals surface area contributed by atoms with Crippen LogP contribution in [0.5, 0.6) is 11.5 Å². The highest BCUT2D eigenvalue weighted by Gasteiger charge is 2.14. The van der Waals surface area contributed by atoms with E-state index in [1.807, 2.05) is 0 Å². The van der Waals surface area contributed by atoms with Crippen LogP contribution in [-0.4, -0.2) is 31.1 Å². The summed E-state index contributed by atoms with van der Waals surface area (Å²) in [6.45, 7) is 0. The highest BCUT2D eigenvalue weighted by molar-refractivity contribution is 9.10. The molecule has 4 rings (SSSR count). The van der Waals surface area contributed by atoms with E-state index in [9.17, 15) is 14.4 Å². The third kappa shape index (κ3) is 6.71. The van der Waals surface area contributed by atoms with E-state index in [1.54, 1.807) is 104 Å². The van der Waals surface area contributed by atoms with Crippen LogP contribution in [0.25, 0.3) is 0 Å². The SMILES string of the molecule is COc1ccc(C(=O)Oc2ccccc2/C=N\NC(=O)c2ccccc2NC(=O)c2ccc(Br)cc2)cc1. The van der Waals surface area contributed by atoms with Gasteiger partial charge >= 0.3 is 5.97 Å². The van der Waals surface area contributed by atoms with Crippen LogP contribution < -0.4 is 20.2 Å². The number of carbonyl (C=O) groups excluding carboxylic acids is 3. The summed E-state index contributed by atoms with van der Waals surface area (Å²) in [7, 11) is 1.54. The van der Waals surface area contributed by atoms with Crippen molar-refractivity contribution < 1.29 is 23.9 Å². The van der Waals surface area contributed by atoms with E-state index in [2.05, 4.69) is 31.8 Å². The number of amides is 2. The van der Waals surface area contributed by atoms with Crippen molar-refractivity contribution >= 4 is 45.6 Å². The molecule has 0 aliphatic carbocycles. The number of halogens is 1. The number of carbonyl (C=O) groups is 3. The van der Waals surface area contributed by atoms with Crippen LogP contribution in [0.2, 0.25) is 0 Å². The normalized spacial score (nSPS) is 10.6. The zero-order chi connectivity index (χ0) is 26.9. The molecule has 2 amide bonds. The Morgan fingerprint density at radius 2 is 1.45 bits per heavy atom. The molecule has 0 unspecified atom stereocenters. The van der Waals surface area contributed by atoms with Crippen molar-refractivity contribution in [1.29, 1.82) is 0 Å². The summed E-state index contributed by atoms with van der Waals surface area (Å²) in [5.41, 5.74) is 4.30. The number of nitrogens with one attached hydrogen (secondary N) is 2. The van der Waals surface area contributed by atoms with Crippen molar-refractivity contribution in [3.63, 3.8) is 0 Å². The van der Waals surface area contributed by atoms with Gasteiger partial charge in [0.05, 0.1) is 30.1 Å². The average Bonchev–Trinajstić information content (AvgIpc) is 2.94. The number of hydrogen-bond acceptors (Lipinski definition) is 6. The van der Waals surface area contributed by atoms with Gasteiger partial charge in [0.1, 0.15) is 11.5 Å². The fraction of sp³-hybridized carbons (Fsp3) is 0.0345. The number of esters is 1. The van der Waals surface area contributed by atoms with Crippen molar-refractivity contribution in [2.45, 2.75) is 0 Å². The maximum absolute atomic E-state index is 12.8. The smallest absolute Gasteiger partial charge is 0.343 e. The van der Waals surface area contributed by atoms with Gasteiger partial charge in [0.15, 0.2) is 0 Å². The Hall–Kier alpha value is -4.76. The summed E-state index contributed by atoms with van der Waals surface area (Å²) in [6, 6.07) is 26.8. The molecule has 0 fully saturated rings. The van der Waals surface area contributed by atoms with E-state index < -0.39 is 11.9 Å². The van der Waals surface area contributed by atoms with Crippen LogP contribution in [0.15, 0.2) is 107 Å². The molecule has 0 spiro atoms. The highest BCUT2D eigenvalue weighted by atomic mass is 79.9. The highest BCUT2D eigenvalue weighted by Crippen LogP contribution is 2.20.